The monoisotopic (exact) mass is 323 g/mol. The quantitative estimate of drug-likeness (QED) is 0.638. The van der Waals surface area contributed by atoms with Crippen molar-refractivity contribution in [1.29, 1.82) is 0 Å². The highest BCUT2D eigenvalue weighted by molar-refractivity contribution is 6.48. The van der Waals surface area contributed by atoms with Crippen LogP contribution in [-0.2, 0) is 9.59 Å². The van der Waals surface area contributed by atoms with Gasteiger partial charge in [0, 0.05) is 21.1 Å². The summed E-state index contributed by atoms with van der Waals surface area (Å²) in [5.74, 6) is -1.96. The van der Waals surface area contributed by atoms with Gasteiger partial charge in [-0.25, -0.2) is 0 Å². The van der Waals surface area contributed by atoms with Gasteiger partial charge in [-0.05, 0) is 12.1 Å². The van der Waals surface area contributed by atoms with Gasteiger partial charge < -0.3 is 15.3 Å². The van der Waals surface area contributed by atoms with Crippen LogP contribution in [0.5, 0.6) is 5.75 Å². The van der Waals surface area contributed by atoms with Gasteiger partial charge in [0.15, 0.2) is 5.75 Å². The van der Waals surface area contributed by atoms with Crippen molar-refractivity contribution in [2.75, 3.05) is 26.5 Å². The number of anilines is 1. The molecular formula is C14H14ClN3O4. The maximum Gasteiger partial charge on any atom is 0.278 e. The van der Waals surface area contributed by atoms with E-state index in [-0.39, 0.29) is 27.7 Å². The molecule has 0 fully saturated rings. The van der Waals surface area contributed by atoms with Crippen molar-refractivity contribution >= 4 is 35.0 Å². The van der Waals surface area contributed by atoms with Gasteiger partial charge in [-0.2, -0.15) is 0 Å². The largest absolute Gasteiger partial charge is 0.505 e. The lowest BCUT2D eigenvalue weighted by Crippen LogP contribution is -2.27. The number of halogens is 1. The summed E-state index contributed by atoms with van der Waals surface area (Å²) in [6.07, 6.45) is 0. The summed E-state index contributed by atoms with van der Waals surface area (Å²) in [5.41, 5.74) is 0.0352. The van der Waals surface area contributed by atoms with Crippen LogP contribution in [0.4, 0.5) is 5.69 Å². The number of phenols is 1. The number of nitrogens with one attached hydrogen (secondary N) is 1. The molecular weight excluding hydrogens is 310 g/mol. The van der Waals surface area contributed by atoms with Crippen molar-refractivity contribution in [2.24, 2.45) is 0 Å². The number of carbonyl (C=O) groups is 3. The average Bonchev–Trinajstić information content (AvgIpc) is 2.66. The SMILES string of the molecule is CN(C)C(=O)c1cccc(NC2=C(Cl)C(=O)N(C)C2=O)c1O. The molecule has 8 heteroatoms. The Balaban J connectivity index is 2.40. The Morgan fingerprint density at radius 1 is 1.27 bits per heavy atom. The average molecular weight is 324 g/mol. The minimum atomic E-state index is -0.630. The first-order valence-corrected chi connectivity index (χ1v) is 6.66. The molecule has 0 atom stereocenters. The van der Waals surface area contributed by atoms with Crippen LogP contribution in [0.25, 0.3) is 0 Å². The number of amides is 3. The van der Waals surface area contributed by atoms with Gasteiger partial charge in [-0.15, -0.1) is 0 Å². The molecule has 1 heterocycles. The lowest BCUT2D eigenvalue weighted by Gasteiger charge is -2.15. The van der Waals surface area contributed by atoms with Crippen molar-refractivity contribution in [2.45, 2.75) is 0 Å². The molecule has 0 bridgehead atoms. The predicted octanol–water partition coefficient (Wildman–Crippen LogP) is 0.955. The van der Waals surface area contributed by atoms with E-state index in [0.29, 0.717) is 0 Å². The van der Waals surface area contributed by atoms with Crippen molar-refractivity contribution in [3.8, 4) is 5.75 Å². The first kappa shape index (κ1) is 15.8. The fraction of sp³-hybridized carbons (Fsp3) is 0.214. The molecule has 1 aliphatic rings. The molecule has 1 aromatic carbocycles. The fourth-order valence-corrected chi connectivity index (χ4v) is 2.16. The van der Waals surface area contributed by atoms with Gasteiger partial charge in [0.25, 0.3) is 17.7 Å². The van der Waals surface area contributed by atoms with Gasteiger partial charge in [-0.1, -0.05) is 17.7 Å². The summed E-state index contributed by atoms with van der Waals surface area (Å²) >= 11 is 5.82. The molecule has 0 saturated heterocycles. The second kappa shape index (κ2) is 5.69. The standard InChI is InChI=1S/C14H14ClN3O4/c1-17(2)12(20)7-5-4-6-8(11(7)19)16-10-9(15)13(21)18(3)14(10)22/h4-6,16,19H,1-3H3. The van der Waals surface area contributed by atoms with Crippen molar-refractivity contribution < 1.29 is 19.5 Å². The van der Waals surface area contributed by atoms with Crippen LogP contribution in [0.3, 0.4) is 0 Å². The Kier molecular flexibility index (Phi) is 4.09. The maximum atomic E-state index is 12.0. The number of nitrogens with zero attached hydrogens (tertiary/aromatic N) is 2. The number of hydrogen-bond acceptors (Lipinski definition) is 5. The number of carbonyl (C=O) groups excluding carboxylic acids is 3. The highest BCUT2D eigenvalue weighted by Crippen LogP contribution is 2.32. The second-order valence-corrected chi connectivity index (χ2v) is 5.26. The smallest absolute Gasteiger partial charge is 0.278 e. The Morgan fingerprint density at radius 2 is 1.91 bits per heavy atom. The van der Waals surface area contributed by atoms with E-state index >= 15 is 0 Å². The molecule has 1 aromatic rings. The van der Waals surface area contributed by atoms with Crippen LogP contribution in [0.15, 0.2) is 28.9 Å². The molecule has 0 radical (unpaired) electrons. The Bertz CT molecular complexity index is 712. The second-order valence-electron chi connectivity index (χ2n) is 4.88. The molecule has 116 valence electrons. The Morgan fingerprint density at radius 3 is 2.41 bits per heavy atom. The van der Waals surface area contributed by atoms with E-state index in [2.05, 4.69) is 5.32 Å². The topological polar surface area (TPSA) is 90.0 Å². The number of rotatable bonds is 3. The van der Waals surface area contributed by atoms with Crippen molar-refractivity contribution in [3.63, 3.8) is 0 Å². The number of phenolic OH excluding ortho intramolecular Hbond substituents is 1. The third-order valence-electron chi connectivity index (χ3n) is 3.16. The predicted molar refractivity (Wildman–Crippen MR) is 80.4 cm³/mol. The Labute approximate surface area is 131 Å². The van der Waals surface area contributed by atoms with Crippen molar-refractivity contribution in [1.82, 2.24) is 9.80 Å². The van der Waals surface area contributed by atoms with Gasteiger partial charge in [0.2, 0.25) is 0 Å². The summed E-state index contributed by atoms with van der Waals surface area (Å²) in [4.78, 5) is 37.7. The number of hydrogen-bond donors (Lipinski definition) is 2. The van der Waals surface area contributed by atoms with Crippen LogP contribution in [0.2, 0.25) is 0 Å². The molecule has 7 nitrogen and oxygen atoms in total. The van der Waals surface area contributed by atoms with Crippen LogP contribution in [-0.4, -0.2) is 53.8 Å². The van der Waals surface area contributed by atoms with Gasteiger partial charge in [0.1, 0.15) is 10.7 Å². The highest BCUT2D eigenvalue weighted by Gasteiger charge is 2.35. The summed E-state index contributed by atoms with van der Waals surface area (Å²) in [6.45, 7) is 0. The zero-order chi connectivity index (χ0) is 16.6. The number of aromatic hydroxyl groups is 1. The fourth-order valence-electron chi connectivity index (χ4n) is 1.91. The summed E-state index contributed by atoms with van der Waals surface area (Å²) in [6, 6.07) is 4.46. The summed E-state index contributed by atoms with van der Waals surface area (Å²) in [5, 5.41) is 12.5. The number of para-hydroxylation sites is 1. The van der Waals surface area contributed by atoms with E-state index in [0.717, 1.165) is 4.90 Å². The summed E-state index contributed by atoms with van der Waals surface area (Å²) < 4.78 is 0. The van der Waals surface area contributed by atoms with Gasteiger partial charge in [-0.3, -0.25) is 19.3 Å². The minimum absolute atomic E-state index is 0.0665. The molecule has 22 heavy (non-hydrogen) atoms. The molecule has 2 N–H and O–H groups in total. The number of benzene rings is 1. The highest BCUT2D eigenvalue weighted by atomic mass is 35.5. The maximum absolute atomic E-state index is 12.0. The molecule has 0 aliphatic carbocycles. The minimum Gasteiger partial charge on any atom is -0.505 e. The van der Waals surface area contributed by atoms with E-state index in [1.807, 2.05) is 0 Å². The van der Waals surface area contributed by atoms with E-state index in [1.165, 1.54) is 30.1 Å². The molecule has 3 amide bonds. The van der Waals surface area contributed by atoms with Gasteiger partial charge in [0.05, 0.1) is 11.3 Å². The molecule has 0 spiro atoms. The zero-order valence-corrected chi connectivity index (χ0v) is 12.9. The normalized spacial score (nSPS) is 14.6. The number of likely N-dealkylation sites (N-methyl/N-ethyl adjacent to an activating group) is 1. The van der Waals surface area contributed by atoms with Crippen LogP contribution in [0, 0.1) is 0 Å². The van der Waals surface area contributed by atoms with Crippen molar-refractivity contribution in [3.05, 3.63) is 34.5 Å². The van der Waals surface area contributed by atoms with Crippen LogP contribution in [0.1, 0.15) is 10.4 Å². The van der Waals surface area contributed by atoms with Crippen LogP contribution < -0.4 is 5.32 Å². The third-order valence-corrected chi connectivity index (χ3v) is 3.51. The lowest BCUT2D eigenvalue weighted by molar-refractivity contribution is -0.135. The molecule has 0 aromatic heterocycles. The van der Waals surface area contributed by atoms with E-state index in [1.54, 1.807) is 14.1 Å². The Hall–Kier alpha value is -2.54. The zero-order valence-electron chi connectivity index (χ0n) is 12.2. The lowest BCUT2D eigenvalue weighted by atomic mass is 10.1. The van der Waals surface area contributed by atoms with Gasteiger partial charge >= 0.3 is 0 Å². The molecule has 0 saturated carbocycles. The summed E-state index contributed by atoms with van der Waals surface area (Å²) in [7, 11) is 4.40. The third kappa shape index (κ3) is 2.50. The number of imide groups is 1. The molecule has 1 aliphatic heterocycles. The van der Waals surface area contributed by atoms with Crippen LogP contribution >= 0.6 is 11.6 Å². The van der Waals surface area contributed by atoms with E-state index in [9.17, 15) is 19.5 Å². The first-order chi connectivity index (χ1) is 10.3. The first-order valence-electron chi connectivity index (χ1n) is 6.28. The molecule has 0 unspecified atom stereocenters. The van der Waals surface area contributed by atoms with E-state index < -0.39 is 17.7 Å². The van der Waals surface area contributed by atoms with E-state index in [4.69, 9.17) is 11.6 Å². The molecule has 2 rings (SSSR count).